The van der Waals surface area contributed by atoms with Crippen molar-refractivity contribution in [2.24, 2.45) is 0 Å². The van der Waals surface area contributed by atoms with Crippen LogP contribution in [0, 0.1) is 0 Å². The first-order chi connectivity index (χ1) is 8.56. The van der Waals surface area contributed by atoms with Gasteiger partial charge in [-0.15, -0.1) is 0 Å². The highest BCUT2D eigenvalue weighted by molar-refractivity contribution is 5.78. The van der Waals surface area contributed by atoms with Crippen LogP contribution < -0.4 is 4.74 Å². The predicted molar refractivity (Wildman–Crippen MR) is 68.6 cm³/mol. The van der Waals surface area contributed by atoms with Crippen LogP contribution in [-0.4, -0.2) is 41.7 Å². The van der Waals surface area contributed by atoms with Crippen LogP contribution in [0.15, 0.2) is 24.3 Å². The Balaban J connectivity index is 1.86. The maximum Gasteiger partial charge on any atom is 0.260 e. The molecule has 1 heterocycles. The molecule has 2 rings (SSSR count). The van der Waals surface area contributed by atoms with Gasteiger partial charge in [0.2, 0.25) is 0 Å². The Bertz CT molecular complexity index is 425. The smallest absolute Gasteiger partial charge is 0.260 e. The number of nitrogens with zero attached hydrogens (tertiary/aromatic N) is 1. The third-order valence-corrected chi connectivity index (χ3v) is 3.10. The van der Waals surface area contributed by atoms with Crippen molar-refractivity contribution in [1.82, 2.24) is 4.90 Å². The zero-order chi connectivity index (χ0) is 13.1. The molecule has 1 aliphatic rings. The Kier molecular flexibility index (Phi) is 3.87. The predicted octanol–water partition coefficient (Wildman–Crippen LogP) is 1.39. The molecule has 0 spiro atoms. The fraction of sp³-hybridized carbons (Fsp3) is 0.500. The lowest BCUT2D eigenvalue weighted by Crippen LogP contribution is -2.54. The van der Waals surface area contributed by atoms with Crippen molar-refractivity contribution in [2.75, 3.05) is 19.7 Å². The van der Waals surface area contributed by atoms with Crippen LogP contribution in [0.3, 0.4) is 0 Å². The van der Waals surface area contributed by atoms with Crippen LogP contribution >= 0.6 is 0 Å². The van der Waals surface area contributed by atoms with E-state index in [9.17, 15) is 4.79 Å². The zero-order valence-corrected chi connectivity index (χ0v) is 10.8. The van der Waals surface area contributed by atoms with E-state index in [-0.39, 0.29) is 18.6 Å². The topological polar surface area (TPSA) is 49.8 Å². The number of aliphatic hydroxyl groups excluding tert-OH is 1. The number of carbonyl (C=O) groups is 1. The molecule has 1 aliphatic heterocycles. The van der Waals surface area contributed by atoms with Gasteiger partial charge in [-0.2, -0.15) is 0 Å². The monoisotopic (exact) mass is 249 g/mol. The van der Waals surface area contributed by atoms with E-state index < -0.39 is 0 Å². The van der Waals surface area contributed by atoms with Crippen molar-refractivity contribution in [3.8, 4) is 5.75 Å². The molecular weight excluding hydrogens is 230 g/mol. The van der Waals surface area contributed by atoms with E-state index in [1.165, 1.54) is 5.56 Å². The van der Waals surface area contributed by atoms with Crippen molar-refractivity contribution >= 4 is 5.91 Å². The quantitative estimate of drug-likeness (QED) is 0.877. The molecule has 1 N–H and O–H groups in total. The van der Waals surface area contributed by atoms with Crippen molar-refractivity contribution < 1.29 is 14.6 Å². The first kappa shape index (κ1) is 12.9. The van der Waals surface area contributed by atoms with E-state index >= 15 is 0 Å². The molecule has 18 heavy (non-hydrogen) atoms. The molecule has 4 heteroatoms. The van der Waals surface area contributed by atoms with Gasteiger partial charge in [0.15, 0.2) is 6.61 Å². The van der Waals surface area contributed by atoms with Gasteiger partial charge in [0, 0.05) is 13.1 Å². The molecule has 0 aliphatic carbocycles. The third kappa shape index (κ3) is 3.01. The summed E-state index contributed by atoms with van der Waals surface area (Å²) in [6.45, 7) is 5.12. The summed E-state index contributed by atoms with van der Waals surface area (Å²) in [7, 11) is 0. The van der Waals surface area contributed by atoms with Crippen LogP contribution in [0.1, 0.15) is 25.3 Å². The molecule has 1 saturated heterocycles. The van der Waals surface area contributed by atoms with E-state index in [2.05, 4.69) is 13.8 Å². The van der Waals surface area contributed by atoms with Gasteiger partial charge in [0.05, 0.1) is 6.10 Å². The minimum absolute atomic E-state index is 0.0360. The highest BCUT2D eigenvalue weighted by Gasteiger charge is 2.28. The lowest BCUT2D eigenvalue weighted by Gasteiger charge is -2.35. The van der Waals surface area contributed by atoms with Crippen molar-refractivity contribution in [3.05, 3.63) is 29.8 Å². The molecule has 1 aromatic rings. The molecule has 0 aromatic heterocycles. The summed E-state index contributed by atoms with van der Waals surface area (Å²) in [5.41, 5.74) is 1.19. The van der Waals surface area contributed by atoms with Gasteiger partial charge in [-0.1, -0.05) is 26.0 Å². The van der Waals surface area contributed by atoms with Crippen molar-refractivity contribution in [2.45, 2.75) is 25.9 Å². The molecule has 98 valence electrons. The van der Waals surface area contributed by atoms with E-state index in [1.54, 1.807) is 4.90 Å². The lowest BCUT2D eigenvalue weighted by molar-refractivity contribution is -0.143. The first-order valence-corrected chi connectivity index (χ1v) is 6.25. The fourth-order valence-corrected chi connectivity index (χ4v) is 1.86. The number of ether oxygens (including phenoxy) is 1. The summed E-state index contributed by atoms with van der Waals surface area (Å²) in [6.07, 6.45) is -0.363. The van der Waals surface area contributed by atoms with Crippen LogP contribution in [0.2, 0.25) is 0 Å². The van der Waals surface area contributed by atoms with Crippen LogP contribution in [-0.2, 0) is 4.79 Å². The summed E-state index contributed by atoms with van der Waals surface area (Å²) < 4.78 is 5.48. The maximum atomic E-state index is 11.7. The van der Waals surface area contributed by atoms with Gasteiger partial charge in [-0.3, -0.25) is 4.79 Å². The van der Waals surface area contributed by atoms with Crippen LogP contribution in [0.4, 0.5) is 0 Å². The average molecular weight is 249 g/mol. The Morgan fingerprint density at radius 2 is 2.22 bits per heavy atom. The number of carbonyl (C=O) groups excluding carboxylic acids is 1. The molecular formula is C14H19NO3. The number of likely N-dealkylation sites (tertiary alicyclic amines) is 1. The Hall–Kier alpha value is -1.55. The van der Waals surface area contributed by atoms with Gasteiger partial charge in [0.1, 0.15) is 5.75 Å². The highest BCUT2D eigenvalue weighted by atomic mass is 16.5. The fourth-order valence-electron chi connectivity index (χ4n) is 1.86. The second-order valence-electron chi connectivity index (χ2n) is 4.97. The number of hydrogen-bond donors (Lipinski definition) is 1. The summed E-state index contributed by atoms with van der Waals surface area (Å²) in [5.74, 6) is 1.08. The molecule has 1 fully saturated rings. The van der Waals surface area contributed by atoms with E-state index in [0.29, 0.717) is 19.0 Å². The van der Waals surface area contributed by atoms with Gasteiger partial charge in [-0.25, -0.2) is 0 Å². The summed E-state index contributed by atoms with van der Waals surface area (Å²) >= 11 is 0. The van der Waals surface area contributed by atoms with Gasteiger partial charge in [-0.05, 0) is 23.6 Å². The zero-order valence-electron chi connectivity index (χ0n) is 10.8. The maximum absolute atomic E-state index is 11.7. The van der Waals surface area contributed by atoms with E-state index in [0.717, 1.165) is 5.75 Å². The Morgan fingerprint density at radius 1 is 1.50 bits per heavy atom. The minimum atomic E-state index is -0.363. The molecule has 0 unspecified atom stereocenters. The molecule has 0 radical (unpaired) electrons. The number of hydrogen-bond acceptors (Lipinski definition) is 3. The molecule has 1 aromatic carbocycles. The van der Waals surface area contributed by atoms with E-state index in [4.69, 9.17) is 9.84 Å². The largest absolute Gasteiger partial charge is 0.484 e. The third-order valence-electron chi connectivity index (χ3n) is 3.10. The number of β-amino-alcohol motifs (C(OH)–C–C–N with tert-alkyl or cyclic N) is 1. The van der Waals surface area contributed by atoms with Gasteiger partial charge >= 0.3 is 0 Å². The van der Waals surface area contributed by atoms with Gasteiger partial charge < -0.3 is 14.7 Å². The molecule has 0 saturated carbocycles. The minimum Gasteiger partial charge on any atom is -0.484 e. The normalized spacial score (nSPS) is 15.7. The first-order valence-electron chi connectivity index (χ1n) is 6.25. The SMILES string of the molecule is CC(C)c1cccc(OCC(=O)N2CC(O)C2)c1. The van der Waals surface area contributed by atoms with Gasteiger partial charge in [0.25, 0.3) is 5.91 Å². The number of amides is 1. The second-order valence-corrected chi connectivity index (χ2v) is 4.97. The van der Waals surface area contributed by atoms with Crippen LogP contribution in [0.25, 0.3) is 0 Å². The number of rotatable bonds is 4. The Labute approximate surface area is 107 Å². The number of benzene rings is 1. The highest BCUT2D eigenvalue weighted by Crippen LogP contribution is 2.20. The summed E-state index contributed by atoms with van der Waals surface area (Å²) in [5, 5.41) is 9.12. The standard InChI is InChI=1S/C14H19NO3/c1-10(2)11-4-3-5-13(6-11)18-9-14(17)15-7-12(16)8-15/h3-6,10,12,16H,7-9H2,1-2H3. The molecule has 0 bridgehead atoms. The average Bonchev–Trinajstić information content (AvgIpc) is 2.32. The Morgan fingerprint density at radius 3 is 2.83 bits per heavy atom. The molecule has 1 amide bonds. The summed E-state index contributed by atoms with van der Waals surface area (Å²) in [6, 6.07) is 7.79. The molecule has 0 atom stereocenters. The number of aliphatic hydroxyl groups is 1. The second kappa shape index (κ2) is 5.40. The van der Waals surface area contributed by atoms with Crippen LogP contribution in [0.5, 0.6) is 5.75 Å². The summed E-state index contributed by atoms with van der Waals surface area (Å²) in [4.78, 5) is 13.2. The van der Waals surface area contributed by atoms with Crippen molar-refractivity contribution in [1.29, 1.82) is 0 Å². The lowest BCUT2D eigenvalue weighted by atomic mass is 10.0. The molecule has 4 nitrogen and oxygen atoms in total. The van der Waals surface area contributed by atoms with E-state index in [1.807, 2.05) is 24.3 Å². The van der Waals surface area contributed by atoms with Crippen molar-refractivity contribution in [3.63, 3.8) is 0 Å².